The topological polar surface area (TPSA) is 153 Å². The predicted molar refractivity (Wildman–Crippen MR) is 118 cm³/mol. The number of non-ortho nitro benzene ring substituents is 1. The summed E-state index contributed by atoms with van der Waals surface area (Å²) in [5.74, 6) is 0.00653. The molecule has 0 bridgehead atoms. The fourth-order valence-electron chi connectivity index (χ4n) is 3.36. The standard InChI is InChI=1S/C21H20N6O6/c1-32-17-8-15(7-16(9-17)27(30)31)24-21-23-12-18(13-6-14(20(28)29)11-22-10-13)19(25-21)26-2-4-33-5-3-26/h6-12H,2-5H2,1H3,(H,28,29)(H,23,24,25). The van der Waals surface area contributed by atoms with Crippen molar-refractivity contribution in [3.05, 3.63) is 58.5 Å². The van der Waals surface area contributed by atoms with Crippen molar-refractivity contribution in [1.29, 1.82) is 0 Å². The Morgan fingerprint density at radius 2 is 2.00 bits per heavy atom. The lowest BCUT2D eigenvalue weighted by Gasteiger charge is -2.29. The Morgan fingerprint density at radius 1 is 1.21 bits per heavy atom. The lowest BCUT2D eigenvalue weighted by molar-refractivity contribution is -0.384. The molecule has 12 heteroatoms. The SMILES string of the molecule is COc1cc(Nc2ncc(-c3cncc(C(=O)O)c3)c(N3CCOCC3)n2)cc([N+](=O)[O-])c1. The van der Waals surface area contributed by atoms with Crippen LogP contribution >= 0.6 is 0 Å². The van der Waals surface area contributed by atoms with Crippen LogP contribution in [0.15, 0.2) is 42.9 Å². The number of nitrogens with one attached hydrogen (secondary N) is 1. The Labute approximate surface area is 188 Å². The number of aromatic nitrogens is 3. The number of anilines is 3. The van der Waals surface area contributed by atoms with Gasteiger partial charge in [-0.3, -0.25) is 15.1 Å². The quantitative estimate of drug-likeness (QED) is 0.402. The van der Waals surface area contributed by atoms with E-state index in [2.05, 4.69) is 20.3 Å². The molecule has 0 aliphatic carbocycles. The highest BCUT2D eigenvalue weighted by Gasteiger charge is 2.20. The van der Waals surface area contributed by atoms with Crippen molar-refractivity contribution in [2.45, 2.75) is 0 Å². The van der Waals surface area contributed by atoms with Gasteiger partial charge >= 0.3 is 5.97 Å². The molecule has 0 atom stereocenters. The van der Waals surface area contributed by atoms with E-state index in [0.29, 0.717) is 54.7 Å². The number of aromatic carboxylic acids is 1. The molecule has 1 aliphatic heterocycles. The largest absolute Gasteiger partial charge is 0.496 e. The molecule has 3 heterocycles. The zero-order chi connectivity index (χ0) is 23.4. The van der Waals surface area contributed by atoms with Crippen LogP contribution in [0.3, 0.4) is 0 Å². The van der Waals surface area contributed by atoms with Gasteiger partial charge in [-0.2, -0.15) is 4.98 Å². The number of carboxylic acids is 1. The Balaban J connectivity index is 1.74. The van der Waals surface area contributed by atoms with Gasteiger partial charge in [-0.1, -0.05) is 0 Å². The number of ether oxygens (including phenoxy) is 2. The first-order valence-corrected chi connectivity index (χ1v) is 9.93. The van der Waals surface area contributed by atoms with Crippen molar-refractivity contribution in [2.24, 2.45) is 0 Å². The molecule has 1 saturated heterocycles. The molecular weight excluding hydrogens is 432 g/mol. The average Bonchev–Trinajstić information content (AvgIpc) is 2.84. The van der Waals surface area contributed by atoms with Crippen molar-refractivity contribution >= 4 is 29.1 Å². The molecule has 1 aliphatic rings. The summed E-state index contributed by atoms with van der Waals surface area (Å²) in [7, 11) is 1.42. The summed E-state index contributed by atoms with van der Waals surface area (Å²) in [5, 5.41) is 23.5. The lowest BCUT2D eigenvalue weighted by atomic mass is 10.1. The molecule has 0 spiro atoms. The van der Waals surface area contributed by atoms with Crippen molar-refractivity contribution in [3.63, 3.8) is 0 Å². The van der Waals surface area contributed by atoms with Gasteiger partial charge in [-0.05, 0) is 6.07 Å². The summed E-state index contributed by atoms with van der Waals surface area (Å²) < 4.78 is 10.6. The maximum absolute atomic E-state index is 11.4. The van der Waals surface area contributed by atoms with E-state index in [1.165, 1.54) is 31.5 Å². The Kier molecular flexibility index (Phi) is 6.26. The minimum atomic E-state index is -1.09. The highest BCUT2D eigenvalue weighted by Crippen LogP contribution is 2.32. The molecule has 0 unspecified atom stereocenters. The number of benzene rings is 1. The summed E-state index contributed by atoms with van der Waals surface area (Å²) in [6.45, 7) is 2.20. The molecule has 3 aromatic rings. The maximum atomic E-state index is 11.4. The Bertz CT molecular complexity index is 1200. The van der Waals surface area contributed by atoms with Crippen LogP contribution in [0.4, 0.5) is 23.1 Å². The van der Waals surface area contributed by atoms with Crippen LogP contribution in [-0.4, -0.2) is 64.4 Å². The number of nitro benzene ring substituents is 1. The van der Waals surface area contributed by atoms with Gasteiger partial charge in [-0.25, -0.2) is 9.78 Å². The number of methoxy groups -OCH3 is 1. The van der Waals surface area contributed by atoms with E-state index < -0.39 is 10.9 Å². The summed E-state index contributed by atoms with van der Waals surface area (Å²) in [5.41, 5.74) is 1.45. The van der Waals surface area contributed by atoms with E-state index in [0.717, 1.165) is 0 Å². The lowest BCUT2D eigenvalue weighted by Crippen LogP contribution is -2.37. The normalized spacial score (nSPS) is 13.4. The van der Waals surface area contributed by atoms with E-state index in [1.54, 1.807) is 18.5 Å². The third-order valence-electron chi connectivity index (χ3n) is 4.97. The van der Waals surface area contributed by atoms with Crippen LogP contribution < -0.4 is 15.0 Å². The second-order valence-corrected chi connectivity index (χ2v) is 7.10. The number of carboxylic acid groups (broad SMARTS) is 1. The average molecular weight is 452 g/mol. The first-order chi connectivity index (χ1) is 15.9. The number of pyridine rings is 1. The Morgan fingerprint density at radius 3 is 2.70 bits per heavy atom. The van der Waals surface area contributed by atoms with Crippen molar-refractivity contribution in [1.82, 2.24) is 15.0 Å². The number of carbonyl (C=O) groups is 1. The second-order valence-electron chi connectivity index (χ2n) is 7.10. The van der Waals surface area contributed by atoms with E-state index >= 15 is 0 Å². The molecule has 0 radical (unpaired) electrons. The molecule has 2 N–H and O–H groups in total. The Hall–Kier alpha value is -4.32. The third-order valence-corrected chi connectivity index (χ3v) is 4.97. The van der Waals surface area contributed by atoms with Crippen molar-refractivity contribution in [2.75, 3.05) is 43.6 Å². The zero-order valence-electron chi connectivity index (χ0n) is 17.6. The fourth-order valence-corrected chi connectivity index (χ4v) is 3.36. The molecule has 170 valence electrons. The van der Waals surface area contributed by atoms with Crippen LogP contribution in [0, 0.1) is 10.1 Å². The first kappa shape index (κ1) is 21.9. The molecule has 0 saturated carbocycles. The molecule has 4 rings (SSSR count). The number of hydrogen-bond acceptors (Lipinski definition) is 10. The van der Waals surface area contributed by atoms with Gasteiger partial charge in [-0.15, -0.1) is 0 Å². The van der Waals surface area contributed by atoms with Crippen LogP contribution in [0.2, 0.25) is 0 Å². The van der Waals surface area contributed by atoms with Crippen molar-refractivity contribution < 1.29 is 24.3 Å². The van der Waals surface area contributed by atoms with Gasteiger partial charge < -0.3 is 24.8 Å². The van der Waals surface area contributed by atoms with E-state index in [4.69, 9.17) is 9.47 Å². The minimum absolute atomic E-state index is 0.0475. The predicted octanol–water partition coefficient (Wildman–Crippen LogP) is 2.73. The molecule has 33 heavy (non-hydrogen) atoms. The summed E-state index contributed by atoms with van der Waals surface area (Å²) in [4.78, 5) is 37.1. The van der Waals surface area contributed by atoms with Crippen molar-refractivity contribution in [3.8, 4) is 16.9 Å². The van der Waals surface area contributed by atoms with E-state index in [-0.39, 0.29) is 17.2 Å². The van der Waals surface area contributed by atoms with Crippen LogP contribution in [-0.2, 0) is 4.74 Å². The highest BCUT2D eigenvalue weighted by atomic mass is 16.6. The van der Waals surface area contributed by atoms with E-state index in [9.17, 15) is 20.0 Å². The maximum Gasteiger partial charge on any atom is 0.337 e. The molecule has 0 amide bonds. The smallest absolute Gasteiger partial charge is 0.337 e. The number of morpholine rings is 1. The molecular formula is C21H20N6O6. The molecule has 12 nitrogen and oxygen atoms in total. The molecule has 2 aromatic heterocycles. The fraction of sp³-hybridized carbons (Fsp3) is 0.238. The number of nitrogens with zero attached hydrogens (tertiary/aromatic N) is 5. The van der Waals surface area contributed by atoms with Gasteiger partial charge in [0.1, 0.15) is 11.6 Å². The number of nitro groups is 1. The van der Waals surface area contributed by atoms with Gasteiger partial charge in [0.25, 0.3) is 5.69 Å². The van der Waals surface area contributed by atoms with Gasteiger partial charge in [0.2, 0.25) is 5.95 Å². The number of hydrogen-bond donors (Lipinski definition) is 2. The monoisotopic (exact) mass is 452 g/mol. The summed E-state index contributed by atoms with van der Waals surface area (Å²) in [6, 6.07) is 5.78. The summed E-state index contributed by atoms with van der Waals surface area (Å²) >= 11 is 0. The minimum Gasteiger partial charge on any atom is -0.496 e. The number of rotatable bonds is 7. The molecule has 1 fully saturated rings. The van der Waals surface area contributed by atoms with Gasteiger partial charge in [0.05, 0.1) is 42.6 Å². The molecule has 1 aromatic carbocycles. The van der Waals surface area contributed by atoms with Crippen LogP contribution in [0.1, 0.15) is 10.4 Å². The van der Waals surface area contributed by atoms with E-state index in [1.807, 2.05) is 4.90 Å². The van der Waals surface area contributed by atoms with Gasteiger partial charge in [0, 0.05) is 54.9 Å². The summed E-state index contributed by atoms with van der Waals surface area (Å²) in [6.07, 6.45) is 4.39. The van der Waals surface area contributed by atoms with Crippen LogP contribution in [0.5, 0.6) is 5.75 Å². The van der Waals surface area contributed by atoms with Crippen LogP contribution in [0.25, 0.3) is 11.1 Å². The third kappa shape index (κ3) is 4.96. The first-order valence-electron chi connectivity index (χ1n) is 9.93. The van der Waals surface area contributed by atoms with Gasteiger partial charge in [0.15, 0.2) is 0 Å². The second kappa shape index (κ2) is 9.44. The zero-order valence-corrected chi connectivity index (χ0v) is 17.6. The highest BCUT2D eigenvalue weighted by molar-refractivity contribution is 5.89.